The van der Waals surface area contributed by atoms with Crippen molar-refractivity contribution in [1.82, 2.24) is 0 Å². The van der Waals surface area contributed by atoms with Gasteiger partial charge in [0, 0.05) is 12.8 Å². The van der Waals surface area contributed by atoms with Gasteiger partial charge in [0.2, 0.25) is 0 Å². The van der Waals surface area contributed by atoms with E-state index in [-0.39, 0.29) is 19.3 Å². The summed E-state index contributed by atoms with van der Waals surface area (Å²) in [6.45, 7) is 2.21. The van der Waals surface area contributed by atoms with Gasteiger partial charge in [0.25, 0.3) is 0 Å². The zero-order valence-corrected chi connectivity index (χ0v) is 15.9. The van der Waals surface area contributed by atoms with Crippen LogP contribution in [-0.2, 0) is 14.4 Å². The van der Waals surface area contributed by atoms with Crippen molar-refractivity contribution in [3.63, 3.8) is 0 Å². The summed E-state index contributed by atoms with van der Waals surface area (Å²) in [5, 5.41) is 8.47. The highest BCUT2D eigenvalue weighted by atomic mass is 16.4. The van der Waals surface area contributed by atoms with Gasteiger partial charge in [-0.05, 0) is 32.1 Å². The van der Waals surface area contributed by atoms with Gasteiger partial charge in [-0.25, -0.2) is 0 Å². The first-order valence-electron chi connectivity index (χ1n) is 9.47. The highest BCUT2D eigenvalue weighted by Gasteiger charge is 2.13. The van der Waals surface area contributed by atoms with E-state index in [9.17, 15) is 14.4 Å². The van der Waals surface area contributed by atoms with Gasteiger partial charge >= 0.3 is 5.97 Å². The smallest absolute Gasteiger partial charge is 0.303 e. The third-order valence-corrected chi connectivity index (χ3v) is 3.65. The predicted molar refractivity (Wildman–Crippen MR) is 106 cm³/mol. The van der Waals surface area contributed by atoms with Crippen molar-refractivity contribution in [1.29, 1.82) is 0 Å². The largest absolute Gasteiger partial charge is 0.481 e. The minimum atomic E-state index is -1.06. The summed E-state index contributed by atoms with van der Waals surface area (Å²) in [7, 11) is 0. The molecule has 0 spiro atoms. The van der Waals surface area contributed by atoms with Gasteiger partial charge in [-0.1, -0.05) is 68.4 Å². The average Bonchev–Trinajstić information content (AvgIpc) is 2.62. The topological polar surface area (TPSA) is 71.4 Å². The number of carbonyl (C=O) groups is 3. The maximum absolute atomic E-state index is 11.5. The molecular weight excluding hydrogens is 328 g/mol. The van der Waals surface area contributed by atoms with E-state index in [4.69, 9.17) is 5.11 Å². The quantitative estimate of drug-likeness (QED) is 0.174. The Hall–Kier alpha value is -2.23. The SMILES string of the molecule is CCCCCC=CCC=CC/C=C\C=CCCC(=O)C(=O)CCC(=O)O. The molecule has 0 aromatic rings. The Morgan fingerprint density at radius 3 is 2.00 bits per heavy atom. The Kier molecular flexibility index (Phi) is 16.1. The zero-order valence-electron chi connectivity index (χ0n) is 15.9. The monoisotopic (exact) mass is 360 g/mol. The van der Waals surface area contributed by atoms with Crippen LogP contribution in [0.4, 0.5) is 0 Å². The number of allylic oxidation sites excluding steroid dienone is 8. The molecule has 0 saturated carbocycles. The second-order valence-corrected chi connectivity index (χ2v) is 6.05. The van der Waals surface area contributed by atoms with Gasteiger partial charge in [-0.2, -0.15) is 0 Å². The molecule has 0 heterocycles. The number of ketones is 2. The Bertz CT molecular complexity index is 524. The standard InChI is InChI=1S/C22H32O4/c1-2-3-4-5-6-7-8-9-10-11-12-13-14-15-16-17-20(23)21(24)18-19-22(25)26/h6-7,9-10,12-15H,2-5,8,11,16-19H2,1H3,(H,25,26)/b7-6?,10-9?,13-12-,15-14?. The molecule has 0 aliphatic carbocycles. The number of Topliss-reactive ketones (excluding diaryl/α,β-unsaturated/α-hetero) is 2. The van der Waals surface area contributed by atoms with Crippen LogP contribution in [0.3, 0.4) is 0 Å². The molecular formula is C22H32O4. The Morgan fingerprint density at radius 1 is 0.692 bits per heavy atom. The molecule has 4 heteroatoms. The fourth-order valence-electron chi connectivity index (χ4n) is 2.12. The molecule has 0 fully saturated rings. The molecule has 4 nitrogen and oxygen atoms in total. The maximum atomic E-state index is 11.5. The van der Waals surface area contributed by atoms with Crippen molar-refractivity contribution in [2.45, 2.75) is 71.1 Å². The minimum absolute atomic E-state index is 0.132. The lowest BCUT2D eigenvalue weighted by Gasteiger charge is -1.96. The van der Waals surface area contributed by atoms with Gasteiger partial charge in [0.1, 0.15) is 0 Å². The molecule has 1 N–H and O–H groups in total. The number of carboxylic acid groups (broad SMARTS) is 1. The first kappa shape index (κ1) is 23.8. The van der Waals surface area contributed by atoms with Crippen molar-refractivity contribution in [2.24, 2.45) is 0 Å². The molecule has 0 aromatic carbocycles. The van der Waals surface area contributed by atoms with Crippen molar-refractivity contribution in [2.75, 3.05) is 0 Å². The summed E-state index contributed by atoms with van der Waals surface area (Å²) in [5.41, 5.74) is 0. The molecule has 0 amide bonds. The molecule has 0 atom stereocenters. The van der Waals surface area contributed by atoms with Crippen LogP contribution in [0.2, 0.25) is 0 Å². The van der Waals surface area contributed by atoms with Crippen LogP contribution >= 0.6 is 0 Å². The molecule has 0 aliphatic heterocycles. The lowest BCUT2D eigenvalue weighted by Crippen LogP contribution is -2.14. The van der Waals surface area contributed by atoms with E-state index in [1.54, 1.807) is 0 Å². The number of unbranched alkanes of at least 4 members (excludes halogenated alkanes) is 3. The fraction of sp³-hybridized carbons (Fsp3) is 0.500. The molecule has 144 valence electrons. The van der Waals surface area contributed by atoms with E-state index >= 15 is 0 Å². The third kappa shape index (κ3) is 16.6. The normalized spacial score (nSPS) is 12.0. The molecule has 0 bridgehead atoms. The molecule has 0 aromatic heterocycles. The molecule has 0 saturated heterocycles. The summed E-state index contributed by atoms with van der Waals surface area (Å²) < 4.78 is 0. The van der Waals surface area contributed by atoms with Gasteiger partial charge < -0.3 is 5.11 Å². The van der Waals surface area contributed by atoms with Crippen LogP contribution in [0.1, 0.15) is 71.1 Å². The van der Waals surface area contributed by atoms with Crippen molar-refractivity contribution in [3.8, 4) is 0 Å². The lowest BCUT2D eigenvalue weighted by molar-refractivity contribution is -0.140. The second kappa shape index (κ2) is 17.6. The van der Waals surface area contributed by atoms with E-state index in [1.165, 1.54) is 25.7 Å². The van der Waals surface area contributed by atoms with E-state index < -0.39 is 17.5 Å². The van der Waals surface area contributed by atoms with E-state index in [0.29, 0.717) is 6.42 Å². The Labute approximate surface area is 157 Å². The number of aliphatic carboxylic acids is 1. The first-order chi connectivity index (χ1) is 12.6. The van der Waals surface area contributed by atoms with Crippen molar-refractivity contribution >= 4 is 17.5 Å². The van der Waals surface area contributed by atoms with E-state index in [0.717, 1.165) is 12.8 Å². The van der Waals surface area contributed by atoms with Gasteiger partial charge in [0.15, 0.2) is 11.6 Å². The molecule has 0 rings (SSSR count). The Morgan fingerprint density at radius 2 is 1.31 bits per heavy atom. The summed E-state index contributed by atoms with van der Waals surface area (Å²) >= 11 is 0. The van der Waals surface area contributed by atoms with Crippen LogP contribution in [0, 0.1) is 0 Å². The number of hydrogen-bond donors (Lipinski definition) is 1. The number of carboxylic acids is 1. The lowest BCUT2D eigenvalue weighted by atomic mass is 10.1. The zero-order chi connectivity index (χ0) is 19.5. The fourth-order valence-corrected chi connectivity index (χ4v) is 2.12. The summed E-state index contributed by atoms with van der Waals surface area (Å²) in [5.74, 6) is -2.15. The highest BCUT2D eigenvalue weighted by molar-refractivity contribution is 6.37. The summed E-state index contributed by atoms with van der Waals surface area (Å²) in [6, 6.07) is 0. The summed E-state index contributed by atoms with van der Waals surface area (Å²) in [4.78, 5) is 33.2. The van der Waals surface area contributed by atoms with Gasteiger partial charge in [-0.3, -0.25) is 14.4 Å². The number of rotatable bonds is 16. The minimum Gasteiger partial charge on any atom is -0.481 e. The first-order valence-corrected chi connectivity index (χ1v) is 9.47. The van der Waals surface area contributed by atoms with Gasteiger partial charge in [0.05, 0.1) is 6.42 Å². The number of carbonyl (C=O) groups excluding carboxylic acids is 2. The predicted octanol–water partition coefficient (Wildman–Crippen LogP) is 5.35. The van der Waals surface area contributed by atoms with Gasteiger partial charge in [-0.15, -0.1) is 0 Å². The van der Waals surface area contributed by atoms with E-state index in [1.807, 2.05) is 24.3 Å². The highest BCUT2D eigenvalue weighted by Crippen LogP contribution is 2.01. The van der Waals surface area contributed by atoms with Crippen LogP contribution in [0.25, 0.3) is 0 Å². The van der Waals surface area contributed by atoms with Crippen LogP contribution in [0.5, 0.6) is 0 Å². The maximum Gasteiger partial charge on any atom is 0.303 e. The molecule has 0 unspecified atom stereocenters. The average molecular weight is 360 g/mol. The second-order valence-electron chi connectivity index (χ2n) is 6.05. The summed E-state index contributed by atoms with van der Waals surface area (Å²) in [6.07, 6.45) is 23.3. The van der Waals surface area contributed by atoms with Crippen LogP contribution in [-0.4, -0.2) is 22.6 Å². The van der Waals surface area contributed by atoms with Crippen LogP contribution in [0.15, 0.2) is 48.6 Å². The van der Waals surface area contributed by atoms with Crippen molar-refractivity contribution < 1.29 is 19.5 Å². The van der Waals surface area contributed by atoms with Crippen LogP contribution < -0.4 is 0 Å². The third-order valence-electron chi connectivity index (χ3n) is 3.65. The molecule has 0 radical (unpaired) electrons. The molecule has 26 heavy (non-hydrogen) atoms. The number of hydrogen-bond acceptors (Lipinski definition) is 3. The molecule has 0 aliphatic rings. The Balaban J connectivity index is 3.69. The van der Waals surface area contributed by atoms with E-state index in [2.05, 4.69) is 31.2 Å². The van der Waals surface area contributed by atoms with Crippen molar-refractivity contribution in [3.05, 3.63) is 48.6 Å².